The molecule has 7 heteroatoms. The van der Waals surface area contributed by atoms with Crippen molar-refractivity contribution in [2.45, 2.75) is 51.1 Å². The number of nitrogens with two attached hydrogens (primary N) is 1. The van der Waals surface area contributed by atoms with Crippen LogP contribution >= 0.6 is 0 Å². The first-order valence-electron chi connectivity index (χ1n) is 9.63. The van der Waals surface area contributed by atoms with Crippen LogP contribution in [0.4, 0.5) is 4.39 Å². The van der Waals surface area contributed by atoms with E-state index in [-0.39, 0.29) is 23.7 Å². The van der Waals surface area contributed by atoms with Crippen molar-refractivity contribution in [2.75, 3.05) is 0 Å². The van der Waals surface area contributed by atoms with Crippen molar-refractivity contribution in [1.82, 2.24) is 15.5 Å². The molecule has 3 atom stereocenters. The number of nitrogens with one attached hydrogen (secondary N) is 1. The fourth-order valence-corrected chi connectivity index (χ4v) is 4.69. The summed E-state index contributed by atoms with van der Waals surface area (Å²) in [4.78, 5) is 17.3. The molecule has 1 aromatic carbocycles. The highest BCUT2D eigenvalue weighted by Crippen LogP contribution is 2.42. The van der Waals surface area contributed by atoms with E-state index in [1.165, 1.54) is 12.5 Å². The Bertz CT molecular complexity index is 810. The van der Waals surface area contributed by atoms with E-state index in [0.29, 0.717) is 23.3 Å². The second-order valence-electron chi connectivity index (χ2n) is 7.83. The van der Waals surface area contributed by atoms with Crippen molar-refractivity contribution in [3.05, 3.63) is 47.4 Å². The monoisotopic (exact) mass is 372 g/mol. The van der Waals surface area contributed by atoms with E-state index in [1.807, 2.05) is 0 Å². The second kappa shape index (κ2) is 7.38. The van der Waals surface area contributed by atoms with Gasteiger partial charge in [-0.05, 0) is 43.6 Å². The van der Waals surface area contributed by atoms with Gasteiger partial charge in [0.05, 0.1) is 0 Å². The van der Waals surface area contributed by atoms with Crippen LogP contribution in [0.1, 0.15) is 55.4 Å². The number of amides is 1. The van der Waals surface area contributed by atoms with Crippen LogP contribution in [0.25, 0.3) is 0 Å². The third-order valence-corrected chi connectivity index (χ3v) is 6.09. The number of nitrogens with zero attached hydrogens (tertiary/aromatic N) is 2. The van der Waals surface area contributed by atoms with E-state index < -0.39 is 11.9 Å². The Labute approximate surface area is 157 Å². The summed E-state index contributed by atoms with van der Waals surface area (Å²) in [5, 5.41) is 6.89. The van der Waals surface area contributed by atoms with Crippen molar-refractivity contribution >= 4 is 5.91 Å². The third-order valence-electron chi connectivity index (χ3n) is 6.09. The van der Waals surface area contributed by atoms with Crippen LogP contribution < -0.4 is 11.1 Å². The minimum Gasteiger partial charge on any atom is -0.342 e. The number of rotatable bonds is 4. The summed E-state index contributed by atoms with van der Waals surface area (Å²) in [6, 6.07) is 5.78. The van der Waals surface area contributed by atoms with E-state index in [9.17, 15) is 9.18 Å². The number of carbonyl (C=O) groups is 1. The second-order valence-corrected chi connectivity index (χ2v) is 7.83. The molecule has 3 unspecified atom stereocenters. The highest BCUT2D eigenvalue weighted by molar-refractivity contribution is 5.79. The van der Waals surface area contributed by atoms with Crippen LogP contribution in [0.15, 0.2) is 28.8 Å². The fraction of sp³-hybridized carbons (Fsp3) is 0.550. The van der Waals surface area contributed by atoms with Gasteiger partial charge < -0.3 is 15.6 Å². The number of hydrogen-bond acceptors (Lipinski definition) is 5. The van der Waals surface area contributed by atoms with Crippen molar-refractivity contribution in [3.8, 4) is 0 Å². The van der Waals surface area contributed by atoms with E-state index >= 15 is 0 Å². The SMILES string of the molecule is Cc1nc(C(NC(=O)C2CC3CCCC(C2)C3N)c2ccccc2F)no1. The molecule has 2 aliphatic carbocycles. The first-order chi connectivity index (χ1) is 13.0. The Morgan fingerprint density at radius 2 is 2.00 bits per heavy atom. The molecule has 1 amide bonds. The van der Waals surface area contributed by atoms with Gasteiger partial charge in [-0.25, -0.2) is 4.39 Å². The number of aryl methyl sites for hydroxylation is 1. The lowest BCUT2D eigenvalue weighted by molar-refractivity contribution is -0.128. The van der Waals surface area contributed by atoms with Crippen molar-refractivity contribution in [1.29, 1.82) is 0 Å². The Hall–Kier alpha value is -2.28. The molecule has 1 heterocycles. The van der Waals surface area contributed by atoms with Gasteiger partial charge >= 0.3 is 0 Å². The molecule has 0 saturated heterocycles. The molecule has 0 spiro atoms. The Morgan fingerprint density at radius 1 is 1.30 bits per heavy atom. The maximum absolute atomic E-state index is 14.4. The summed E-state index contributed by atoms with van der Waals surface area (Å²) in [7, 11) is 0. The van der Waals surface area contributed by atoms with Crippen LogP contribution in [0.3, 0.4) is 0 Å². The van der Waals surface area contributed by atoms with Crippen molar-refractivity contribution in [3.63, 3.8) is 0 Å². The van der Waals surface area contributed by atoms with Crippen LogP contribution in [0.2, 0.25) is 0 Å². The van der Waals surface area contributed by atoms with E-state index in [0.717, 1.165) is 25.7 Å². The predicted octanol–water partition coefficient (Wildman–Crippen LogP) is 2.88. The zero-order valence-electron chi connectivity index (χ0n) is 15.4. The molecule has 2 fully saturated rings. The summed E-state index contributed by atoms with van der Waals surface area (Å²) >= 11 is 0. The molecule has 2 aromatic rings. The fourth-order valence-electron chi connectivity index (χ4n) is 4.69. The van der Waals surface area contributed by atoms with Crippen molar-refractivity contribution < 1.29 is 13.7 Å². The molecule has 1 aromatic heterocycles. The van der Waals surface area contributed by atoms with Gasteiger partial charge in [0.1, 0.15) is 11.9 Å². The van der Waals surface area contributed by atoms with Gasteiger partial charge in [-0.15, -0.1) is 0 Å². The maximum Gasteiger partial charge on any atom is 0.223 e. The van der Waals surface area contributed by atoms with Crippen LogP contribution in [0.5, 0.6) is 0 Å². The van der Waals surface area contributed by atoms with Gasteiger partial charge in [0.25, 0.3) is 0 Å². The molecule has 6 nitrogen and oxygen atoms in total. The molecule has 3 N–H and O–H groups in total. The normalized spacial score (nSPS) is 28.6. The predicted molar refractivity (Wildman–Crippen MR) is 97.0 cm³/mol. The number of halogens is 1. The molecule has 4 rings (SSSR count). The maximum atomic E-state index is 14.4. The Balaban J connectivity index is 1.57. The number of benzene rings is 1. The minimum absolute atomic E-state index is 0.0884. The minimum atomic E-state index is -0.772. The number of carbonyl (C=O) groups excluding carboxylic acids is 1. The van der Waals surface area contributed by atoms with Gasteiger partial charge in [-0.1, -0.05) is 29.8 Å². The topological polar surface area (TPSA) is 94.0 Å². The van der Waals surface area contributed by atoms with Crippen LogP contribution in [-0.2, 0) is 4.79 Å². The summed E-state index contributed by atoms with van der Waals surface area (Å²) in [5.74, 6) is 0.822. The lowest BCUT2D eigenvalue weighted by atomic mass is 9.65. The van der Waals surface area contributed by atoms with Gasteiger partial charge in [-0.3, -0.25) is 4.79 Å². The molecule has 0 aliphatic heterocycles. The first kappa shape index (κ1) is 18.1. The van der Waals surface area contributed by atoms with Gasteiger partial charge in [-0.2, -0.15) is 4.98 Å². The molecule has 2 saturated carbocycles. The standard InChI is InChI=1S/C20H25FN4O2/c1-11-23-19(25-27-11)18(15-7-2-3-8-16(15)21)24-20(26)14-9-12-5-4-6-13(10-14)17(12)22/h2-3,7-8,12-14,17-18H,4-6,9-10,22H2,1H3,(H,24,26). The molecular weight excluding hydrogens is 347 g/mol. The molecule has 27 heavy (non-hydrogen) atoms. The smallest absolute Gasteiger partial charge is 0.223 e. The Morgan fingerprint density at radius 3 is 2.63 bits per heavy atom. The van der Waals surface area contributed by atoms with Crippen LogP contribution in [-0.4, -0.2) is 22.1 Å². The summed E-state index contributed by atoms with van der Waals surface area (Å²) in [6.45, 7) is 1.67. The van der Waals surface area contributed by atoms with Gasteiger partial charge in [0, 0.05) is 24.4 Å². The van der Waals surface area contributed by atoms with Crippen molar-refractivity contribution in [2.24, 2.45) is 23.5 Å². The first-order valence-corrected chi connectivity index (χ1v) is 9.63. The van der Waals surface area contributed by atoms with E-state index in [1.54, 1.807) is 25.1 Å². The average Bonchev–Trinajstić information content (AvgIpc) is 3.06. The van der Waals surface area contributed by atoms with Gasteiger partial charge in [0.2, 0.25) is 11.8 Å². The molecule has 2 aliphatic rings. The average molecular weight is 372 g/mol. The van der Waals surface area contributed by atoms with Crippen LogP contribution in [0, 0.1) is 30.5 Å². The van der Waals surface area contributed by atoms with E-state index in [2.05, 4.69) is 15.5 Å². The highest BCUT2D eigenvalue weighted by atomic mass is 19.1. The number of fused-ring (bicyclic) bond motifs is 2. The molecular formula is C20H25FN4O2. The summed E-state index contributed by atoms with van der Waals surface area (Å²) in [5.41, 5.74) is 6.67. The Kier molecular flexibility index (Phi) is 4.95. The molecule has 144 valence electrons. The largest absolute Gasteiger partial charge is 0.342 e. The zero-order valence-corrected chi connectivity index (χ0v) is 15.4. The quantitative estimate of drug-likeness (QED) is 0.861. The number of aromatic nitrogens is 2. The van der Waals surface area contributed by atoms with Gasteiger partial charge in [0.15, 0.2) is 5.82 Å². The highest BCUT2D eigenvalue weighted by Gasteiger charge is 2.41. The molecule has 2 bridgehead atoms. The van der Waals surface area contributed by atoms with E-state index in [4.69, 9.17) is 10.3 Å². The zero-order chi connectivity index (χ0) is 19.0. The molecule has 0 radical (unpaired) electrons. The third kappa shape index (κ3) is 3.60. The summed E-state index contributed by atoms with van der Waals surface area (Å²) < 4.78 is 19.5. The lowest BCUT2D eigenvalue weighted by Gasteiger charge is -2.43. The lowest BCUT2D eigenvalue weighted by Crippen LogP contribution is -2.49. The number of hydrogen-bond donors (Lipinski definition) is 2. The summed E-state index contributed by atoms with van der Waals surface area (Å²) in [6.07, 6.45) is 4.94.